The molecule has 1 fully saturated rings. The fourth-order valence-electron chi connectivity index (χ4n) is 5.45. The second kappa shape index (κ2) is 7.93. The van der Waals surface area contributed by atoms with E-state index in [2.05, 4.69) is 23.2 Å². The van der Waals surface area contributed by atoms with Crippen LogP contribution < -0.4 is 0 Å². The number of para-hydroxylation sites is 1. The van der Waals surface area contributed by atoms with Crippen molar-refractivity contribution in [2.75, 3.05) is 19.6 Å². The molecule has 0 radical (unpaired) electrons. The molecule has 4 aromatic rings. The van der Waals surface area contributed by atoms with Crippen molar-refractivity contribution < 1.29 is 9.59 Å². The molecule has 3 aromatic carbocycles. The second-order valence-electron chi connectivity index (χ2n) is 8.89. The van der Waals surface area contributed by atoms with Crippen molar-refractivity contribution in [2.45, 2.75) is 18.4 Å². The van der Waals surface area contributed by atoms with Gasteiger partial charge in [0.15, 0.2) is 0 Å². The Bertz CT molecular complexity index is 1290. The standard InChI is InChI=1S/C28H25N3O2/c32-25-18-30(28(33)26(19-9-3-1-4-10-19)20-11-5-2-6-12-20)17-24-27-22(15-16-31(24)25)21-13-7-8-14-23(21)29-27/h1-14,24,26,29H,15-18H2. The van der Waals surface area contributed by atoms with Gasteiger partial charge in [-0.1, -0.05) is 78.9 Å². The van der Waals surface area contributed by atoms with Crippen molar-refractivity contribution in [2.24, 2.45) is 0 Å². The Labute approximate surface area is 192 Å². The van der Waals surface area contributed by atoms with E-state index in [1.165, 1.54) is 10.9 Å². The van der Waals surface area contributed by atoms with Crippen LogP contribution in [0.2, 0.25) is 0 Å². The van der Waals surface area contributed by atoms with Gasteiger partial charge in [0, 0.05) is 29.7 Å². The predicted molar refractivity (Wildman–Crippen MR) is 128 cm³/mol. The van der Waals surface area contributed by atoms with Crippen LogP contribution in [-0.2, 0) is 16.0 Å². The molecule has 2 amide bonds. The minimum atomic E-state index is -0.433. The smallest absolute Gasteiger partial charge is 0.242 e. The maximum Gasteiger partial charge on any atom is 0.242 e. The van der Waals surface area contributed by atoms with Crippen LogP contribution in [0.25, 0.3) is 10.9 Å². The topological polar surface area (TPSA) is 56.4 Å². The SMILES string of the molecule is O=C(C(c1ccccc1)c1ccccc1)N1CC(=O)N2CCc3c([nH]c4ccccc34)C2C1. The van der Waals surface area contributed by atoms with Crippen LogP contribution >= 0.6 is 0 Å². The summed E-state index contributed by atoms with van der Waals surface area (Å²) in [6.07, 6.45) is 0.839. The molecule has 1 unspecified atom stereocenters. The summed E-state index contributed by atoms with van der Waals surface area (Å²) in [5.41, 5.74) is 5.32. The van der Waals surface area contributed by atoms with E-state index < -0.39 is 5.92 Å². The lowest BCUT2D eigenvalue weighted by atomic mass is 9.89. The number of rotatable bonds is 3. The van der Waals surface area contributed by atoms with Crippen molar-refractivity contribution in [1.82, 2.24) is 14.8 Å². The fraction of sp³-hybridized carbons (Fsp3) is 0.214. The first-order valence-corrected chi connectivity index (χ1v) is 11.5. The van der Waals surface area contributed by atoms with Gasteiger partial charge in [-0.2, -0.15) is 0 Å². The molecule has 0 saturated carbocycles. The summed E-state index contributed by atoms with van der Waals surface area (Å²) in [5, 5.41) is 1.22. The number of hydrogen-bond donors (Lipinski definition) is 1. The van der Waals surface area contributed by atoms with Gasteiger partial charge in [-0.25, -0.2) is 0 Å². The first kappa shape index (κ1) is 19.8. The Morgan fingerprint density at radius 2 is 1.52 bits per heavy atom. The number of amides is 2. The number of nitrogens with zero attached hydrogens (tertiary/aromatic N) is 2. The third-order valence-electron chi connectivity index (χ3n) is 7.02. The average Bonchev–Trinajstić information content (AvgIpc) is 3.25. The number of carbonyl (C=O) groups is 2. The van der Waals surface area contributed by atoms with Crippen LogP contribution in [0.4, 0.5) is 0 Å². The summed E-state index contributed by atoms with van der Waals surface area (Å²) in [6, 6.07) is 27.8. The zero-order chi connectivity index (χ0) is 22.4. The van der Waals surface area contributed by atoms with E-state index >= 15 is 0 Å². The van der Waals surface area contributed by atoms with E-state index in [9.17, 15) is 9.59 Å². The molecular formula is C28H25N3O2. The van der Waals surface area contributed by atoms with Crippen LogP contribution in [0, 0.1) is 0 Å². The second-order valence-corrected chi connectivity index (χ2v) is 8.89. The lowest BCUT2D eigenvalue weighted by Gasteiger charge is -2.44. The molecule has 5 nitrogen and oxygen atoms in total. The van der Waals surface area contributed by atoms with Gasteiger partial charge in [0.05, 0.1) is 18.5 Å². The molecule has 1 aromatic heterocycles. The zero-order valence-electron chi connectivity index (χ0n) is 18.3. The van der Waals surface area contributed by atoms with Gasteiger partial charge in [-0.05, 0) is 29.2 Å². The molecule has 2 aliphatic rings. The predicted octanol–water partition coefficient (Wildman–Crippen LogP) is 4.27. The first-order valence-electron chi connectivity index (χ1n) is 11.5. The van der Waals surface area contributed by atoms with Gasteiger partial charge in [-0.15, -0.1) is 0 Å². The molecule has 5 heteroatoms. The average molecular weight is 436 g/mol. The Morgan fingerprint density at radius 3 is 2.21 bits per heavy atom. The minimum Gasteiger partial charge on any atom is -0.356 e. The highest BCUT2D eigenvalue weighted by atomic mass is 16.2. The number of aromatic nitrogens is 1. The van der Waals surface area contributed by atoms with Crippen molar-refractivity contribution in [1.29, 1.82) is 0 Å². The molecule has 0 aliphatic carbocycles. The van der Waals surface area contributed by atoms with E-state index in [4.69, 9.17) is 0 Å². The van der Waals surface area contributed by atoms with Crippen LogP contribution in [0.15, 0.2) is 84.9 Å². The summed E-state index contributed by atoms with van der Waals surface area (Å²) in [5.74, 6) is -0.440. The monoisotopic (exact) mass is 435 g/mol. The third-order valence-corrected chi connectivity index (χ3v) is 7.02. The maximum atomic E-state index is 13.9. The van der Waals surface area contributed by atoms with Gasteiger partial charge in [0.1, 0.15) is 0 Å². The minimum absolute atomic E-state index is 0.0174. The number of fused-ring (bicyclic) bond motifs is 5. The summed E-state index contributed by atoms with van der Waals surface area (Å²) in [7, 11) is 0. The normalized spacial score (nSPS) is 17.8. The van der Waals surface area contributed by atoms with Gasteiger partial charge in [0.2, 0.25) is 11.8 Å². The highest BCUT2D eigenvalue weighted by Crippen LogP contribution is 2.38. The molecule has 33 heavy (non-hydrogen) atoms. The molecule has 0 spiro atoms. The molecule has 164 valence electrons. The Balaban J connectivity index is 1.38. The fourth-order valence-corrected chi connectivity index (χ4v) is 5.45. The zero-order valence-corrected chi connectivity index (χ0v) is 18.3. The van der Waals surface area contributed by atoms with E-state index in [0.717, 1.165) is 28.8 Å². The van der Waals surface area contributed by atoms with Crippen molar-refractivity contribution >= 4 is 22.7 Å². The number of nitrogens with one attached hydrogen (secondary N) is 1. The molecule has 3 heterocycles. The molecule has 1 N–H and O–H groups in total. The molecule has 0 bridgehead atoms. The van der Waals surface area contributed by atoms with E-state index in [1.807, 2.05) is 71.6 Å². The number of benzene rings is 3. The Morgan fingerprint density at radius 1 is 0.879 bits per heavy atom. The third kappa shape index (κ3) is 3.32. The van der Waals surface area contributed by atoms with Gasteiger partial charge in [-0.3, -0.25) is 9.59 Å². The van der Waals surface area contributed by atoms with E-state index in [1.54, 1.807) is 4.90 Å². The maximum absolute atomic E-state index is 13.9. The van der Waals surface area contributed by atoms with Crippen molar-refractivity contribution in [3.05, 3.63) is 107 Å². The van der Waals surface area contributed by atoms with E-state index in [-0.39, 0.29) is 24.4 Å². The quantitative estimate of drug-likeness (QED) is 0.523. The molecule has 1 saturated heterocycles. The summed E-state index contributed by atoms with van der Waals surface area (Å²) in [6.45, 7) is 1.32. The number of piperazine rings is 1. The van der Waals surface area contributed by atoms with Crippen molar-refractivity contribution in [3.8, 4) is 0 Å². The van der Waals surface area contributed by atoms with Crippen LogP contribution in [0.1, 0.15) is 34.3 Å². The highest BCUT2D eigenvalue weighted by molar-refractivity contribution is 5.93. The molecule has 6 rings (SSSR count). The number of H-pyrrole nitrogens is 1. The van der Waals surface area contributed by atoms with Crippen LogP contribution in [0.3, 0.4) is 0 Å². The summed E-state index contributed by atoms with van der Waals surface area (Å²) >= 11 is 0. The van der Waals surface area contributed by atoms with Crippen LogP contribution in [0.5, 0.6) is 0 Å². The summed E-state index contributed by atoms with van der Waals surface area (Å²) in [4.78, 5) is 34.4. The number of carbonyl (C=O) groups excluding carboxylic acids is 2. The van der Waals surface area contributed by atoms with Crippen LogP contribution in [-0.4, -0.2) is 46.2 Å². The Kier molecular flexibility index (Phi) is 4.75. The largest absolute Gasteiger partial charge is 0.356 e. The first-order chi connectivity index (χ1) is 16.2. The Hall–Kier alpha value is -3.86. The highest BCUT2D eigenvalue weighted by Gasteiger charge is 2.41. The summed E-state index contributed by atoms with van der Waals surface area (Å²) < 4.78 is 0. The molecule has 1 atom stereocenters. The molecular weight excluding hydrogens is 410 g/mol. The van der Waals surface area contributed by atoms with Gasteiger partial charge < -0.3 is 14.8 Å². The van der Waals surface area contributed by atoms with E-state index in [0.29, 0.717) is 13.1 Å². The lowest BCUT2D eigenvalue weighted by molar-refractivity contribution is -0.149. The van der Waals surface area contributed by atoms with Gasteiger partial charge >= 0.3 is 0 Å². The number of aromatic amines is 1. The lowest BCUT2D eigenvalue weighted by Crippen LogP contribution is -2.56. The number of hydrogen-bond acceptors (Lipinski definition) is 2. The van der Waals surface area contributed by atoms with Crippen molar-refractivity contribution in [3.63, 3.8) is 0 Å². The van der Waals surface area contributed by atoms with Gasteiger partial charge in [0.25, 0.3) is 0 Å². The molecule has 2 aliphatic heterocycles.